The van der Waals surface area contributed by atoms with Crippen LogP contribution in [0.25, 0.3) is 5.69 Å². The largest absolute Gasteiger partial charge is 0.497 e. The maximum absolute atomic E-state index is 13.2. The molecule has 1 fully saturated rings. The van der Waals surface area contributed by atoms with Gasteiger partial charge in [0.05, 0.1) is 35.9 Å². The summed E-state index contributed by atoms with van der Waals surface area (Å²) in [6, 6.07) is 16.3. The topological polar surface area (TPSA) is 111 Å². The Hall–Kier alpha value is -3.66. The molecule has 1 aromatic heterocycles. The molecule has 2 aromatic carbocycles. The van der Waals surface area contributed by atoms with Crippen LogP contribution < -0.4 is 15.0 Å². The van der Waals surface area contributed by atoms with Gasteiger partial charge in [-0.3, -0.25) is 9.59 Å². The van der Waals surface area contributed by atoms with Crippen molar-refractivity contribution in [3.8, 4) is 11.4 Å². The van der Waals surface area contributed by atoms with Crippen molar-refractivity contribution in [2.45, 2.75) is 17.9 Å². The zero-order valence-corrected chi connectivity index (χ0v) is 18.7. The first-order valence-corrected chi connectivity index (χ1v) is 12.3. The molecule has 10 heteroatoms. The average molecular weight is 467 g/mol. The Balaban J connectivity index is 1.42. The van der Waals surface area contributed by atoms with E-state index >= 15 is 0 Å². The second-order valence-electron chi connectivity index (χ2n) is 8.15. The van der Waals surface area contributed by atoms with Gasteiger partial charge in [-0.1, -0.05) is 24.3 Å². The van der Waals surface area contributed by atoms with Gasteiger partial charge < -0.3 is 15.0 Å². The summed E-state index contributed by atoms with van der Waals surface area (Å²) in [5.74, 6) is -0.463. The molecule has 3 aromatic rings. The van der Waals surface area contributed by atoms with Crippen LogP contribution in [0.15, 0.2) is 54.6 Å². The van der Waals surface area contributed by atoms with Crippen LogP contribution in [0.1, 0.15) is 17.7 Å². The Morgan fingerprint density at radius 3 is 2.61 bits per heavy atom. The van der Waals surface area contributed by atoms with E-state index in [0.717, 1.165) is 0 Å². The predicted molar refractivity (Wildman–Crippen MR) is 122 cm³/mol. The fraction of sp³-hybridized carbons (Fsp3) is 0.261. The third kappa shape index (κ3) is 3.97. The van der Waals surface area contributed by atoms with Crippen molar-refractivity contribution in [2.75, 3.05) is 23.9 Å². The molecule has 2 amide bonds. The van der Waals surface area contributed by atoms with Crippen molar-refractivity contribution in [2.24, 2.45) is 5.92 Å². The van der Waals surface area contributed by atoms with Crippen LogP contribution in [0.5, 0.6) is 5.75 Å². The molecule has 1 saturated heterocycles. The van der Waals surface area contributed by atoms with Crippen molar-refractivity contribution in [3.05, 3.63) is 65.9 Å². The van der Waals surface area contributed by atoms with Gasteiger partial charge in [0.25, 0.3) is 0 Å². The van der Waals surface area contributed by atoms with Crippen molar-refractivity contribution in [1.82, 2.24) is 9.78 Å². The highest BCUT2D eigenvalue weighted by Crippen LogP contribution is 2.34. The molecule has 0 aliphatic carbocycles. The van der Waals surface area contributed by atoms with Gasteiger partial charge >= 0.3 is 0 Å². The van der Waals surface area contributed by atoms with E-state index in [0.29, 0.717) is 34.2 Å². The van der Waals surface area contributed by atoms with Crippen LogP contribution >= 0.6 is 0 Å². The smallest absolute Gasteiger partial charge is 0.230 e. The first-order valence-electron chi connectivity index (χ1n) is 10.5. The summed E-state index contributed by atoms with van der Waals surface area (Å²) in [5.41, 5.74) is 2.31. The van der Waals surface area contributed by atoms with Crippen LogP contribution in [0.3, 0.4) is 0 Å². The van der Waals surface area contributed by atoms with Crippen LogP contribution in [0, 0.1) is 5.92 Å². The highest BCUT2D eigenvalue weighted by atomic mass is 32.2. The van der Waals surface area contributed by atoms with Crippen molar-refractivity contribution in [3.63, 3.8) is 0 Å². The number of ether oxygens (including phenoxy) is 1. The molecule has 0 bridgehead atoms. The normalized spacial score (nSPS) is 18.9. The summed E-state index contributed by atoms with van der Waals surface area (Å²) < 4.78 is 31.1. The summed E-state index contributed by atoms with van der Waals surface area (Å²) in [4.78, 5) is 27.4. The summed E-state index contributed by atoms with van der Waals surface area (Å²) >= 11 is 0. The zero-order chi connectivity index (χ0) is 23.2. The third-order valence-corrected chi connectivity index (χ3v) is 7.33. The lowest BCUT2D eigenvalue weighted by Crippen LogP contribution is -2.29. The van der Waals surface area contributed by atoms with Gasteiger partial charge in [-0.15, -0.1) is 0 Å². The zero-order valence-electron chi connectivity index (χ0n) is 17.9. The van der Waals surface area contributed by atoms with Gasteiger partial charge in [0.15, 0.2) is 9.84 Å². The molecule has 9 nitrogen and oxygen atoms in total. The molecule has 2 aliphatic rings. The first-order chi connectivity index (χ1) is 15.8. The van der Waals surface area contributed by atoms with Crippen LogP contribution in [0.2, 0.25) is 0 Å². The number of nitrogens with one attached hydrogen (secondary N) is 1. The average Bonchev–Trinajstić information content (AvgIpc) is 3.44. The predicted octanol–water partition coefficient (Wildman–Crippen LogP) is 2.30. The maximum atomic E-state index is 13.2. The Kier molecular flexibility index (Phi) is 5.16. The molecule has 1 N–H and O–H groups in total. The number of fused-ring (bicyclic) bond motifs is 1. The minimum absolute atomic E-state index is 0.0585. The number of methoxy groups -OCH3 is 1. The Bertz CT molecular complexity index is 1350. The Morgan fingerprint density at radius 1 is 1.09 bits per heavy atom. The van der Waals surface area contributed by atoms with Gasteiger partial charge in [0, 0.05) is 30.3 Å². The number of rotatable bonds is 5. The second-order valence-corrected chi connectivity index (χ2v) is 10.2. The van der Waals surface area contributed by atoms with E-state index in [2.05, 4.69) is 10.4 Å². The fourth-order valence-electron chi connectivity index (χ4n) is 4.26. The highest BCUT2D eigenvalue weighted by Gasteiger charge is 2.38. The molecule has 1 atom stereocenters. The van der Waals surface area contributed by atoms with E-state index < -0.39 is 15.8 Å². The van der Waals surface area contributed by atoms with E-state index in [1.807, 2.05) is 30.3 Å². The molecule has 0 saturated carbocycles. The number of amides is 2. The maximum Gasteiger partial charge on any atom is 0.230 e. The van der Waals surface area contributed by atoms with Crippen molar-refractivity contribution < 1.29 is 22.7 Å². The summed E-state index contributed by atoms with van der Waals surface area (Å²) in [6.07, 6.45) is 0.0585. The number of carbonyl (C=O) groups excluding carboxylic acids is 2. The summed E-state index contributed by atoms with van der Waals surface area (Å²) in [6.45, 7) is 0.220. The number of benzene rings is 2. The Morgan fingerprint density at radius 2 is 1.85 bits per heavy atom. The summed E-state index contributed by atoms with van der Waals surface area (Å²) in [5, 5.41) is 7.34. The molecular weight excluding hydrogens is 444 g/mol. The molecule has 0 radical (unpaired) electrons. The molecule has 0 spiro atoms. The van der Waals surface area contributed by atoms with Gasteiger partial charge in [0.2, 0.25) is 11.8 Å². The summed E-state index contributed by atoms with van der Waals surface area (Å²) in [7, 11) is -1.75. The first kappa shape index (κ1) is 21.2. The van der Waals surface area contributed by atoms with Gasteiger partial charge in [0.1, 0.15) is 11.6 Å². The molecule has 5 rings (SSSR count). The SMILES string of the molecule is COc1cccc(N2CC(C(=O)Nc3c4c(nn3-c3ccccc3)CS(=O)(=O)C4)CC2=O)c1. The quantitative estimate of drug-likeness (QED) is 0.618. The third-order valence-electron chi connectivity index (χ3n) is 5.89. The standard InChI is InChI=1S/C23H22N4O5S/c1-32-18-9-5-8-17(11-18)26-12-15(10-21(26)28)23(29)24-22-19-13-33(30,31)14-20(19)25-27(22)16-6-3-2-4-7-16/h2-9,11,15H,10,12-14H2,1H3,(H,24,29). The van der Waals surface area contributed by atoms with Crippen molar-refractivity contribution in [1.29, 1.82) is 0 Å². The minimum atomic E-state index is -3.30. The van der Waals surface area contributed by atoms with E-state index in [4.69, 9.17) is 4.74 Å². The molecule has 33 heavy (non-hydrogen) atoms. The van der Waals surface area contributed by atoms with Crippen molar-refractivity contribution >= 4 is 33.2 Å². The number of hydrogen-bond donors (Lipinski definition) is 1. The highest BCUT2D eigenvalue weighted by molar-refractivity contribution is 7.90. The number of aromatic nitrogens is 2. The van der Waals surface area contributed by atoms with E-state index in [-0.39, 0.29) is 36.3 Å². The van der Waals surface area contributed by atoms with Gasteiger partial charge in [-0.05, 0) is 24.3 Å². The number of carbonyl (C=O) groups is 2. The van der Waals surface area contributed by atoms with E-state index in [9.17, 15) is 18.0 Å². The molecule has 170 valence electrons. The van der Waals surface area contributed by atoms with Gasteiger partial charge in [-0.25, -0.2) is 13.1 Å². The number of sulfone groups is 1. The lowest BCUT2D eigenvalue weighted by Gasteiger charge is -2.18. The molecule has 1 unspecified atom stereocenters. The lowest BCUT2D eigenvalue weighted by molar-refractivity contribution is -0.122. The number of anilines is 2. The number of hydrogen-bond acceptors (Lipinski definition) is 6. The monoisotopic (exact) mass is 466 g/mol. The molecular formula is C23H22N4O5S. The van der Waals surface area contributed by atoms with Crippen LogP contribution in [-0.4, -0.2) is 43.7 Å². The van der Waals surface area contributed by atoms with E-state index in [1.54, 1.807) is 41.0 Å². The number of nitrogens with zero attached hydrogens (tertiary/aromatic N) is 3. The van der Waals surface area contributed by atoms with E-state index in [1.165, 1.54) is 0 Å². The Labute approximate surface area is 190 Å². The minimum Gasteiger partial charge on any atom is -0.497 e. The molecule has 3 heterocycles. The van der Waals surface area contributed by atoms with Gasteiger partial charge in [-0.2, -0.15) is 5.10 Å². The lowest BCUT2D eigenvalue weighted by atomic mass is 10.1. The number of para-hydroxylation sites is 1. The van der Waals surface area contributed by atoms with Crippen LogP contribution in [0.4, 0.5) is 11.5 Å². The second kappa shape index (κ2) is 8.04. The fourth-order valence-corrected chi connectivity index (χ4v) is 5.75. The van der Waals surface area contributed by atoms with Crippen LogP contribution in [-0.2, 0) is 30.9 Å². The molecule has 2 aliphatic heterocycles.